The Bertz CT molecular complexity index is 577. The third-order valence-electron chi connectivity index (χ3n) is 4.33. The van der Waals surface area contributed by atoms with E-state index in [9.17, 15) is 0 Å². The number of aromatic nitrogens is 1. The van der Waals surface area contributed by atoms with Crippen LogP contribution >= 0.6 is 0 Å². The summed E-state index contributed by atoms with van der Waals surface area (Å²) in [5.41, 5.74) is 2.70. The maximum atomic E-state index is 6.15. The van der Waals surface area contributed by atoms with Crippen LogP contribution in [-0.2, 0) is 11.4 Å². The first-order valence-electron chi connectivity index (χ1n) is 6.98. The largest absolute Gasteiger partial charge is 0.347 e. The lowest BCUT2D eigenvalue weighted by Gasteiger charge is -2.28. The molecule has 4 rings (SSSR count). The van der Waals surface area contributed by atoms with Crippen molar-refractivity contribution in [1.29, 1.82) is 0 Å². The fourth-order valence-corrected chi connectivity index (χ4v) is 3.36. The van der Waals surface area contributed by atoms with Crippen LogP contribution in [0.2, 0.25) is 0 Å². The molecule has 3 nitrogen and oxygen atoms in total. The summed E-state index contributed by atoms with van der Waals surface area (Å²) in [4.78, 5) is 6.15. The molecule has 0 spiro atoms. The molecule has 0 N–H and O–H groups in total. The number of nitrogens with zero attached hydrogens (tertiary/aromatic N) is 2. The Morgan fingerprint density at radius 2 is 2.00 bits per heavy atom. The Balaban J connectivity index is 1.67. The first kappa shape index (κ1) is 11.3. The topological polar surface area (TPSA) is 17.4 Å². The molecule has 0 aliphatic carbocycles. The first-order valence-corrected chi connectivity index (χ1v) is 6.98. The number of fused-ring (bicyclic) bond motifs is 4. The van der Waals surface area contributed by atoms with Gasteiger partial charge in [0.2, 0.25) is 0 Å². The van der Waals surface area contributed by atoms with Crippen LogP contribution in [0, 0.1) is 0 Å². The zero-order valence-electron chi connectivity index (χ0n) is 11.1. The van der Waals surface area contributed by atoms with E-state index in [0.717, 1.165) is 13.0 Å². The molecule has 2 aliphatic rings. The lowest BCUT2D eigenvalue weighted by Crippen LogP contribution is -2.26. The van der Waals surface area contributed by atoms with Gasteiger partial charge in [-0.15, -0.1) is 0 Å². The van der Waals surface area contributed by atoms with Crippen LogP contribution in [0.25, 0.3) is 0 Å². The maximum Gasteiger partial charge on any atom is 0.0991 e. The molecule has 0 unspecified atom stereocenters. The van der Waals surface area contributed by atoms with Gasteiger partial charge in [0.25, 0.3) is 0 Å². The van der Waals surface area contributed by atoms with E-state index in [1.54, 1.807) is 0 Å². The molecule has 0 saturated carbocycles. The lowest BCUT2D eigenvalue weighted by atomic mass is 10.0. The summed E-state index contributed by atoms with van der Waals surface area (Å²) < 4.78 is 2.33. The SMILES string of the molecule is C[C@H](c1ccccc1)N1O[C@H]2C[C@@H]1c1cccn1C2. The zero-order valence-corrected chi connectivity index (χ0v) is 11.1. The summed E-state index contributed by atoms with van der Waals surface area (Å²) in [5, 5.41) is 2.19. The van der Waals surface area contributed by atoms with Gasteiger partial charge in [-0.1, -0.05) is 30.3 Å². The molecule has 1 fully saturated rings. The van der Waals surface area contributed by atoms with Gasteiger partial charge in [0.1, 0.15) is 0 Å². The van der Waals surface area contributed by atoms with Crippen LogP contribution < -0.4 is 0 Å². The van der Waals surface area contributed by atoms with Crippen LogP contribution in [0.3, 0.4) is 0 Å². The minimum atomic E-state index is 0.289. The predicted octanol–water partition coefficient (Wildman–Crippen LogP) is 3.31. The van der Waals surface area contributed by atoms with Gasteiger partial charge in [-0.25, -0.2) is 0 Å². The van der Waals surface area contributed by atoms with E-state index >= 15 is 0 Å². The molecule has 1 aromatic heterocycles. The van der Waals surface area contributed by atoms with Crippen LogP contribution in [0.4, 0.5) is 0 Å². The third-order valence-corrected chi connectivity index (χ3v) is 4.33. The smallest absolute Gasteiger partial charge is 0.0991 e. The summed E-state index contributed by atoms with van der Waals surface area (Å²) >= 11 is 0. The molecule has 0 amide bonds. The predicted molar refractivity (Wildman–Crippen MR) is 73.4 cm³/mol. The van der Waals surface area contributed by atoms with Gasteiger partial charge in [0.05, 0.1) is 24.7 Å². The fraction of sp³-hybridized carbons (Fsp3) is 0.375. The summed E-state index contributed by atoms with van der Waals surface area (Å²) in [6.07, 6.45) is 3.60. The average molecular weight is 254 g/mol. The quantitative estimate of drug-likeness (QED) is 0.818. The van der Waals surface area contributed by atoms with E-state index in [0.29, 0.717) is 12.1 Å². The molecule has 1 saturated heterocycles. The van der Waals surface area contributed by atoms with E-state index < -0.39 is 0 Å². The molecule has 1 aromatic carbocycles. The molecular formula is C16H18N2O. The Hall–Kier alpha value is -1.58. The second-order valence-corrected chi connectivity index (χ2v) is 5.51. The standard InChI is InChI=1S/C16H18N2O/c1-12(13-6-3-2-4-7-13)18-16-10-14(19-18)11-17-9-5-8-15(16)17/h2-9,12,14,16H,10-11H2,1H3/t12-,14+,16-/m1/s1. The Morgan fingerprint density at radius 3 is 2.84 bits per heavy atom. The highest BCUT2D eigenvalue weighted by atomic mass is 16.7. The highest BCUT2D eigenvalue weighted by Gasteiger charge is 2.42. The summed E-state index contributed by atoms with van der Waals surface area (Å²) in [7, 11) is 0. The van der Waals surface area contributed by atoms with Crippen molar-refractivity contribution in [2.45, 2.75) is 38.1 Å². The minimum absolute atomic E-state index is 0.289. The van der Waals surface area contributed by atoms with Crippen molar-refractivity contribution in [2.75, 3.05) is 0 Å². The van der Waals surface area contributed by atoms with Crippen molar-refractivity contribution >= 4 is 0 Å². The Labute approximate surface area is 113 Å². The second-order valence-electron chi connectivity index (χ2n) is 5.51. The maximum absolute atomic E-state index is 6.15. The van der Waals surface area contributed by atoms with Gasteiger partial charge in [-0.3, -0.25) is 4.84 Å². The van der Waals surface area contributed by atoms with Crippen molar-refractivity contribution in [3.63, 3.8) is 0 Å². The van der Waals surface area contributed by atoms with E-state index in [1.807, 2.05) is 0 Å². The second kappa shape index (κ2) is 4.22. The van der Waals surface area contributed by atoms with Crippen molar-refractivity contribution in [2.24, 2.45) is 0 Å². The molecule has 19 heavy (non-hydrogen) atoms. The number of hydroxylamine groups is 2. The van der Waals surface area contributed by atoms with E-state index in [4.69, 9.17) is 4.84 Å². The molecule has 3 heteroatoms. The van der Waals surface area contributed by atoms with Gasteiger partial charge in [0, 0.05) is 18.3 Å². The van der Waals surface area contributed by atoms with Gasteiger partial charge >= 0.3 is 0 Å². The normalized spacial score (nSPS) is 27.2. The van der Waals surface area contributed by atoms with Gasteiger partial charge in [-0.2, -0.15) is 5.06 Å². The Morgan fingerprint density at radius 1 is 1.16 bits per heavy atom. The molecule has 3 atom stereocenters. The van der Waals surface area contributed by atoms with Crippen LogP contribution in [-0.4, -0.2) is 15.7 Å². The summed E-state index contributed by atoms with van der Waals surface area (Å²) in [6.45, 7) is 3.21. The van der Waals surface area contributed by atoms with E-state index in [-0.39, 0.29) is 6.04 Å². The van der Waals surface area contributed by atoms with Crippen LogP contribution in [0.5, 0.6) is 0 Å². The number of rotatable bonds is 2. The monoisotopic (exact) mass is 254 g/mol. The first-order chi connectivity index (χ1) is 9.33. The molecule has 0 radical (unpaired) electrons. The highest BCUT2D eigenvalue weighted by Crippen LogP contribution is 2.43. The van der Waals surface area contributed by atoms with Crippen molar-refractivity contribution in [3.05, 3.63) is 59.9 Å². The van der Waals surface area contributed by atoms with Crippen LogP contribution in [0.1, 0.15) is 36.7 Å². The van der Waals surface area contributed by atoms with Gasteiger partial charge < -0.3 is 4.57 Å². The fourth-order valence-electron chi connectivity index (χ4n) is 3.36. The summed E-state index contributed by atoms with van der Waals surface area (Å²) in [5.74, 6) is 0. The summed E-state index contributed by atoms with van der Waals surface area (Å²) in [6, 6.07) is 15.6. The van der Waals surface area contributed by atoms with Crippen LogP contribution in [0.15, 0.2) is 48.7 Å². The number of hydrogen-bond acceptors (Lipinski definition) is 2. The zero-order chi connectivity index (χ0) is 12.8. The van der Waals surface area contributed by atoms with Crippen molar-refractivity contribution in [3.8, 4) is 0 Å². The molecule has 3 heterocycles. The highest BCUT2D eigenvalue weighted by molar-refractivity contribution is 5.21. The average Bonchev–Trinajstić information content (AvgIpc) is 3.05. The third kappa shape index (κ3) is 1.73. The van der Waals surface area contributed by atoms with E-state index in [1.165, 1.54) is 11.3 Å². The van der Waals surface area contributed by atoms with Gasteiger partial charge in [0.15, 0.2) is 0 Å². The van der Waals surface area contributed by atoms with Gasteiger partial charge in [-0.05, 0) is 24.6 Å². The lowest BCUT2D eigenvalue weighted by molar-refractivity contribution is -0.185. The molecular weight excluding hydrogens is 236 g/mol. The molecule has 2 bridgehead atoms. The Kier molecular flexibility index (Phi) is 2.50. The number of benzene rings is 1. The van der Waals surface area contributed by atoms with Crippen molar-refractivity contribution < 1.29 is 4.84 Å². The molecule has 98 valence electrons. The minimum Gasteiger partial charge on any atom is -0.347 e. The molecule has 2 aromatic rings. The van der Waals surface area contributed by atoms with E-state index in [2.05, 4.69) is 65.2 Å². The molecule has 2 aliphatic heterocycles. The number of hydrogen-bond donors (Lipinski definition) is 0. The van der Waals surface area contributed by atoms with Crippen molar-refractivity contribution in [1.82, 2.24) is 9.63 Å².